The Labute approximate surface area is 104 Å². The van der Waals surface area contributed by atoms with E-state index in [1.54, 1.807) is 0 Å². The minimum absolute atomic E-state index is 0.166. The normalized spacial score (nSPS) is 19.8. The number of nitrogens with one attached hydrogen (secondary N) is 3. The van der Waals surface area contributed by atoms with Crippen molar-refractivity contribution in [3.05, 3.63) is 34.2 Å². The molecule has 1 fully saturated rings. The smallest absolute Gasteiger partial charge is 0.268 e. The fraction of sp³-hybridized carbons (Fsp3) is 0.417. The van der Waals surface area contributed by atoms with Crippen LogP contribution in [0, 0.1) is 0 Å². The van der Waals surface area contributed by atoms with Crippen molar-refractivity contribution in [1.82, 2.24) is 15.6 Å². The number of hydrogen-bond acceptors (Lipinski definition) is 3. The van der Waals surface area contributed by atoms with Crippen molar-refractivity contribution in [2.45, 2.75) is 25.3 Å². The maximum Gasteiger partial charge on any atom is 0.268 e. The lowest BCUT2D eigenvalue weighted by Crippen LogP contribution is -2.45. The SMILES string of the molecule is O=C(NC1CCCCNC1=O)c1cccc(=O)[nH]1. The van der Waals surface area contributed by atoms with E-state index < -0.39 is 11.9 Å². The molecule has 1 aromatic rings. The second-order valence-corrected chi connectivity index (χ2v) is 4.24. The molecule has 1 unspecified atom stereocenters. The minimum Gasteiger partial charge on any atom is -0.354 e. The van der Waals surface area contributed by atoms with Crippen LogP contribution in [0.4, 0.5) is 0 Å². The molecule has 6 nitrogen and oxygen atoms in total. The van der Waals surface area contributed by atoms with E-state index in [0.29, 0.717) is 13.0 Å². The van der Waals surface area contributed by atoms with Gasteiger partial charge in [-0.1, -0.05) is 6.07 Å². The Balaban J connectivity index is 2.06. The molecule has 0 aromatic carbocycles. The number of pyridine rings is 1. The fourth-order valence-electron chi connectivity index (χ4n) is 1.89. The van der Waals surface area contributed by atoms with Crippen molar-refractivity contribution in [2.24, 2.45) is 0 Å². The van der Waals surface area contributed by atoms with Gasteiger partial charge < -0.3 is 15.6 Å². The second-order valence-electron chi connectivity index (χ2n) is 4.24. The summed E-state index contributed by atoms with van der Waals surface area (Å²) in [6.45, 7) is 0.646. The van der Waals surface area contributed by atoms with E-state index in [4.69, 9.17) is 0 Å². The molecule has 1 aliphatic heterocycles. The van der Waals surface area contributed by atoms with Crippen molar-refractivity contribution >= 4 is 11.8 Å². The third-order valence-electron chi connectivity index (χ3n) is 2.85. The summed E-state index contributed by atoms with van der Waals surface area (Å²) in [5, 5.41) is 5.37. The Morgan fingerprint density at radius 1 is 1.28 bits per heavy atom. The van der Waals surface area contributed by atoms with Crippen molar-refractivity contribution in [3.8, 4) is 0 Å². The lowest BCUT2D eigenvalue weighted by molar-refractivity contribution is -0.122. The highest BCUT2D eigenvalue weighted by atomic mass is 16.2. The van der Waals surface area contributed by atoms with Crippen molar-refractivity contribution in [1.29, 1.82) is 0 Å². The summed E-state index contributed by atoms with van der Waals surface area (Å²) in [5.74, 6) is -0.603. The molecule has 1 aliphatic rings. The van der Waals surface area contributed by atoms with Crippen LogP contribution in [0.2, 0.25) is 0 Å². The maximum absolute atomic E-state index is 11.9. The van der Waals surface area contributed by atoms with Gasteiger partial charge in [0.1, 0.15) is 11.7 Å². The van der Waals surface area contributed by atoms with Crippen LogP contribution < -0.4 is 16.2 Å². The van der Waals surface area contributed by atoms with E-state index in [0.717, 1.165) is 12.8 Å². The van der Waals surface area contributed by atoms with E-state index in [9.17, 15) is 14.4 Å². The van der Waals surface area contributed by atoms with Gasteiger partial charge in [0.15, 0.2) is 0 Å². The van der Waals surface area contributed by atoms with Gasteiger partial charge in [-0.3, -0.25) is 14.4 Å². The van der Waals surface area contributed by atoms with E-state index in [-0.39, 0.29) is 17.2 Å². The van der Waals surface area contributed by atoms with Gasteiger partial charge in [0.25, 0.3) is 5.91 Å². The van der Waals surface area contributed by atoms with Crippen LogP contribution in [0.25, 0.3) is 0 Å². The molecule has 1 atom stereocenters. The van der Waals surface area contributed by atoms with Gasteiger partial charge in [-0.2, -0.15) is 0 Å². The number of H-pyrrole nitrogens is 1. The summed E-state index contributed by atoms with van der Waals surface area (Å²) in [4.78, 5) is 37.0. The lowest BCUT2D eigenvalue weighted by atomic mass is 10.1. The zero-order valence-corrected chi connectivity index (χ0v) is 9.86. The van der Waals surface area contributed by atoms with E-state index in [2.05, 4.69) is 15.6 Å². The molecule has 0 radical (unpaired) electrons. The third kappa shape index (κ3) is 2.97. The quantitative estimate of drug-likeness (QED) is 0.676. The Morgan fingerprint density at radius 3 is 2.89 bits per heavy atom. The molecule has 0 bridgehead atoms. The van der Waals surface area contributed by atoms with Crippen molar-refractivity contribution in [3.63, 3.8) is 0 Å². The molecular weight excluding hydrogens is 234 g/mol. The lowest BCUT2D eigenvalue weighted by Gasteiger charge is -2.14. The predicted molar refractivity (Wildman–Crippen MR) is 65.2 cm³/mol. The third-order valence-corrected chi connectivity index (χ3v) is 2.85. The second kappa shape index (κ2) is 5.48. The summed E-state index contributed by atoms with van der Waals surface area (Å²) >= 11 is 0. The number of carbonyl (C=O) groups is 2. The molecule has 2 amide bonds. The van der Waals surface area contributed by atoms with Gasteiger partial charge in [-0.25, -0.2) is 0 Å². The zero-order valence-electron chi connectivity index (χ0n) is 9.86. The van der Waals surface area contributed by atoms with Crippen molar-refractivity contribution < 1.29 is 9.59 Å². The van der Waals surface area contributed by atoms with Crippen LogP contribution in [0.1, 0.15) is 29.8 Å². The van der Waals surface area contributed by atoms with Crippen LogP contribution in [0.15, 0.2) is 23.0 Å². The molecule has 3 N–H and O–H groups in total. The highest BCUT2D eigenvalue weighted by Gasteiger charge is 2.22. The zero-order chi connectivity index (χ0) is 13.0. The molecule has 0 spiro atoms. The van der Waals surface area contributed by atoms with Gasteiger partial charge in [0.2, 0.25) is 11.5 Å². The average Bonchev–Trinajstić information content (AvgIpc) is 2.55. The van der Waals surface area contributed by atoms with Crippen LogP contribution in [0.3, 0.4) is 0 Å². The molecule has 1 saturated heterocycles. The highest BCUT2D eigenvalue weighted by molar-refractivity contribution is 5.96. The Kier molecular flexibility index (Phi) is 3.76. The molecular formula is C12H15N3O3. The van der Waals surface area contributed by atoms with Gasteiger partial charge in [0, 0.05) is 12.6 Å². The number of aromatic amines is 1. The van der Waals surface area contributed by atoms with Gasteiger partial charge in [-0.15, -0.1) is 0 Å². The van der Waals surface area contributed by atoms with E-state index >= 15 is 0 Å². The first kappa shape index (κ1) is 12.3. The Morgan fingerprint density at radius 2 is 2.11 bits per heavy atom. The number of carbonyl (C=O) groups excluding carboxylic acids is 2. The molecule has 0 aliphatic carbocycles. The number of hydrogen-bond donors (Lipinski definition) is 3. The molecule has 96 valence electrons. The fourth-order valence-corrected chi connectivity index (χ4v) is 1.89. The highest BCUT2D eigenvalue weighted by Crippen LogP contribution is 2.06. The first-order valence-corrected chi connectivity index (χ1v) is 5.95. The van der Waals surface area contributed by atoms with E-state index in [1.165, 1.54) is 18.2 Å². The van der Waals surface area contributed by atoms with Crippen LogP contribution in [0.5, 0.6) is 0 Å². The standard InChI is InChI=1S/C12H15N3O3/c16-10-6-3-5-9(14-10)12(18)15-8-4-1-2-7-13-11(8)17/h3,5-6,8H,1-2,4,7H2,(H,13,17)(H,14,16)(H,15,18). The first-order valence-electron chi connectivity index (χ1n) is 5.95. The molecule has 18 heavy (non-hydrogen) atoms. The Hall–Kier alpha value is -2.11. The summed E-state index contributed by atoms with van der Waals surface area (Å²) < 4.78 is 0. The molecule has 1 aromatic heterocycles. The van der Waals surface area contributed by atoms with E-state index in [1.807, 2.05) is 0 Å². The minimum atomic E-state index is -0.524. The number of amides is 2. The summed E-state index contributed by atoms with van der Waals surface area (Å²) in [5.41, 5.74) is -0.174. The van der Waals surface area contributed by atoms with Gasteiger partial charge >= 0.3 is 0 Å². The molecule has 2 rings (SSSR count). The maximum atomic E-state index is 11.9. The van der Waals surface area contributed by atoms with Crippen molar-refractivity contribution in [2.75, 3.05) is 6.54 Å². The average molecular weight is 249 g/mol. The van der Waals surface area contributed by atoms with Crippen LogP contribution in [-0.2, 0) is 4.79 Å². The molecule has 6 heteroatoms. The summed E-state index contributed by atoms with van der Waals surface area (Å²) in [6.07, 6.45) is 2.42. The number of rotatable bonds is 2. The topological polar surface area (TPSA) is 91.1 Å². The Bertz CT molecular complexity index is 509. The van der Waals surface area contributed by atoms with Gasteiger partial charge in [0.05, 0.1) is 0 Å². The number of aromatic nitrogens is 1. The molecule has 2 heterocycles. The van der Waals surface area contributed by atoms with Gasteiger partial charge in [-0.05, 0) is 25.3 Å². The molecule has 0 saturated carbocycles. The van der Waals surface area contributed by atoms with Crippen LogP contribution >= 0.6 is 0 Å². The van der Waals surface area contributed by atoms with Crippen LogP contribution in [-0.4, -0.2) is 29.4 Å². The monoisotopic (exact) mass is 249 g/mol. The summed E-state index contributed by atoms with van der Waals surface area (Å²) in [7, 11) is 0. The summed E-state index contributed by atoms with van der Waals surface area (Å²) in [6, 6.07) is 3.81. The largest absolute Gasteiger partial charge is 0.354 e. The predicted octanol–water partition coefficient (Wildman–Crippen LogP) is -0.227. The first-order chi connectivity index (χ1) is 8.66.